The van der Waals surface area contributed by atoms with E-state index in [0.29, 0.717) is 10.8 Å². The molecule has 0 saturated carbocycles. The average Bonchev–Trinajstić information content (AvgIpc) is 2.74. The zero-order chi connectivity index (χ0) is 20.3. The molecule has 0 fully saturated rings. The number of pyridine rings is 1. The fourth-order valence-corrected chi connectivity index (χ4v) is 3.92. The quantitative estimate of drug-likeness (QED) is 0.685. The SMILES string of the molecule is O=C1c2ccc3c4c(ccc(c24)C(=O)N1CCO)C(=O)N(c1ccccn1)C3=O. The van der Waals surface area contributed by atoms with E-state index in [0.717, 1.165) is 9.80 Å². The van der Waals surface area contributed by atoms with Crippen LogP contribution in [0.15, 0.2) is 48.7 Å². The van der Waals surface area contributed by atoms with Gasteiger partial charge in [0.15, 0.2) is 0 Å². The minimum Gasteiger partial charge on any atom is -0.395 e. The summed E-state index contributed by atoms with van der Waals surface area (Å²) in [5.41, 5.74) is 0.894. The molecule has 8 heteroatoms. The summed E-state index contributed by atoms with van der Waals surface area (Å²) >= 11 is 0. The van der Waals surface area contributed by atoms with Gasteiger partial charge in [-0.25, -0.2) is 9.88 Å². The van der Waals surface area contributed by atoms with Gasteiger partial charge in [-0.2, -0.15) is 0 Å². The minimum absolute atomic E-state index is 0.132. The van der Waals surface area contributed by atoms with Crippen LogP contribution in [0.2, 0.25) is 0 Å². The van der Waals surface area contributed by atoms with Crippen LogP contribution in [-0.4, -0.2) is 51.8 Å². The maximum Gasteiger partial charge on any atom is 0.267 e. The van der Waals surface area contributed by atoms with Crippen molar-refractivity contribution in [2.75, 3.05) is 18.1 Å². The van der Waals surface area contributed by atoms with Gasteiger partial charge in [-0.3, -0.25) is 24.1 Å². The molecule has 0 atom stereocenters. The smallest absolute Gasteiger partial charge is 0.267 e. The van der Waals surface area contributed by atoms with Crippen LogP contribution < -0.4 is 4.90 Å². The summed E-state index contributed by atoms with van der Waals surface area (Å²) in [6.07, 6.45) is 1.48. The zero-order valence-electron chi connectivity index (χ0n) is 15.0. The van der Waals surface area contributed by atoms with Gasteiger partial charge in [-0.1, -0.05) is 6.07 Å². The molecule has 29 heavy (non-hydrogen) atoms. The number of benzene rings is 2. The van der Waals surface area contributed by atoms with E-state index >= 15 is 0 Å². The molecular formula is C21H13N3O5. The van der Waals surface area contributed by atoms with Gasteiger partial charge in [0.1, 0.15) is 5.82 Å². The minimum atomic E-state index is -0.567. The number of hydrogen-bond donors (Lipinski definition) is 1. The van der Waals surface area contributed by atoms with Crippen molar-refractivity contribution in [1.82, 2.24) is 9.88 Å². The Morgan fingerprint density at radius 1 is 0.724 bits per heavy atom. The molecule has 0 bridgehead atoms. The number of amides is 4. The van der Waals surface area contributed by atoms with Gasteiger partial charge in [0.2, 0.25) is 0 Å². The predicted molar refractivity (Wildman–Crippen MR) is 102 cm³/mol. The fourth-order valence-electron chi connectivity index (χ4n) is 3.92. The number of aliphatic hydroxyl groups excluding tert-OH is 1. The molecule has 3 heterocycles. The van der Waals surface area contributed by atoms with Crippen molar-refractivity contribution < 1.29 is 24.3 Å². The molecule has 4 amide bonds. The van der Waals surface area contributed by atoms with E-state index in [4.69, 9.17) is 0 Å². The average molecular weight is 387 g/mol. The number of β-amino-alcohol motifs (C(OH)–C–C–N with tert-alkyl or cyclic N) is 1. The Morgan fingerprint density at radius 2 is 1.24 bits per heavy atom. The molecule has 1 aromatic heterocycles. The number of hydrogen-bond acceptors (Lipinski definition) is 6. The van der Waals surface area contributed by atoms with Gasteiger partial charge in [0.25, 0.3) is 23.6 Å². The Hall–Kier alpha value is -3.91. The Kier molecular flexibility index (Phi) is 3.59. The lowest BCUT2D eigenvalue weighted by atomic mass is 9.86. The first-order chi connectivity index (χ1) is 14.0. The van der Waals surface area contributed by atoms with Crippen LogP contribution in [-0.2, 0) is 0 Å². The highest BCUT2D eigenvalue weighted by atomic mass is 16.3. The summed E-state index contributed by atoms with van der Waals surface area (Å²) in [7, 11) is 0. The molecule has 142 valence electrons. The van der Waals surface area contributed by atoms with Crippen LogP contribution in [0, 0.1) is 0 Å². The fraction of sp³-hybridized carbons (Fsp3) is 0.0952. The van der Waals surface area contributed by atoms with E-state index in [9.17, 15) is 24.3 Å². The molecule has 0 spiro atoms. The molecule has 2 aliphatic heterocycles. The van der Waals surface area contributed by atoms with Gasteiger partial charge in [0, 0.05) is 39.2 Å². The molecular weight excluding hydrogens is 374 g/mol. The van der Waals surface area contributed by atoms with Crippen molar-refractivity contribution in [2.45, 2.75) is 0 Å². The predicted octanol–water partition coefficient (Wildman–Crippen LogP) is 1.62. The zero-order valence-corrected chi connectivity index (χ0v) is 15.0. The van der Waals surface area contributed by atoms with Crippen LogP contribution in [0.1, 0.15) is 41.4 Å². The number of aliphatic hydroxyl groups is 1. The van der Waals surface area contributed by atoms with Crippen molar-refractivity contribution in [3.05, 3.63) is 70.9 Å². The first kappa shape index (κ1) is 17.2. The number of carbonyl (C=O) groups excluding carboxylic acids is 4. The number of carbonyl (C=O) groups is 4. The lowest BCUT2D eigenvalue weighted by Gasteiger charge is -2.31. The highest BCUT2D eigenvalue weighted by molar-refractivity contribution is 6.39. The van der Waals surface area contributed by atoms with Crippen LogP contribution in [0.25, 0.3) is 10.8 Å². The lowest BCUT2D eigenvalue weighted by molar-refractivity contribution is 0.0579. The van der Waals surface area contributed by atoms with Crippen molar-refractivity contribution in [2.24, 2.45) is 0 Å². The number of aromatic nitrogens is 1. The third kappa shape index (κ3) is 2.20. The third-order valence-corrected chi connectivity index (χ3v) is 5.18. The number of rotatable bonds is 3. The van der Waals surface area contributed by atoms with E-state index in [2.05, 4.69) is 4.98 Å². The summed E-state index contributed by atoms with van der Waals surface area (Å²) in [5.74, 6) is -2.06. The standard InChI is InChI=1S/C21H13N3O5/c25-10-9-23-18(26)11-4-6-13-17-14(7-5-12(16(11)17)19(23)27)21(29)24(20(13)28)15-3-1-2-8-22-15/h1-8,25H,9-10H2. The largest absolute Gasteiger partial charge is 0.395 e. The van der Waals surface area contributed by atoms with Gasteiger partial charge < -0.3 is 5.11 Å². The van der Waals surface area contributed by atoms with Crippen LogP contribution >= 0.6 is 0 Å². The maximum absolute atomic E-state index is 13.1. The number of anilines is 1. The van der Waals surface area contributed by atoms with Gasteiger partial charge >= 0.3 is 0 Å². The second-order valence-corrected chi connectivity index (χ2v) is 6.69. The second-order valence-electron chi connectivity index (χ2n) is 6.69. The molecule has 0 unspecified atom stereocenters. The number of imide groups is 2. The Bertz CT molecular complexity index is 1180. The summed E-state index contributed by atoms with van der Waals surface area (Å²) < 4.78 is 0. The lowest BCUT2D eigenvalue weighted by Crippen LogP contribution is -2.44. The molecule has 0 radical (unpaired) electrons. The van der Waals surface area contributed by atoms with E-state index in [1.807, 2.05) is 0 Å². The van der Waals surface area contributed by atoms with Gasteiger partial charge in [-0.15, -0.1) is 0 Å². The molecule has 2 aliphatic rings. The van der Waals surface area contributed by atoms with E-state index in [1.165, 1.54) is 30.5 Å². The second kappa shape index (κ2) is 6.05. The maximum atomic E-state index is 13.1. The summed E-state index contributed by atoms with van der Waals surface area (Å²) in [5, 5.41) is 9.79. The van der Waals surface area contributed by atoms with E-state index in [1.54, 1.807) is 18.2 Å². The van der Waals surface area contributed by atoms with Crippen molar-refractivity contribution in [3.8, 4) is 0 Å². The molecule has 5 rings (SSSR count). The molecule has 3 aromatic rings. The van der Waals surface area contributed by atoms with E-state index < -0.39 is 23.6 Å². The molecule has 8 nitrogen and oxygen atoms in total. The Balaban J connectivity index is 1.78. The van der Waals surface area contributed by atoms with Crippen molar-refractivity contribution in [1.29, 1.82) is 0 Å². The summed E-state index contributed by atoms with van der Waals surface area (Å²) in [6, 6.07) is 10.8. The summed E-state index contributed by atoms with van der Waals surface area (Å²) in [4.78, 5) is 57.9. The highest BCUT2D eigenvalue weighted by Gasteiger charge is 2.40. The van der Waals surface area contributed by atoms with E-state index in [-0.39, 0.29) is 41.2 Å². The topological polar surface area (TPSA) is 108 Å². The molecule has 2 aromatic carbocycles. The third-order valence-electron chi connectivity index (χ3n) is 5.18. The number of nitrogens with zero attached hydrogens (tertiary/aromatic N) is 3. The van der Waals surface area contributed by atoms with Crippen LogP contribution in [0.5, 0.6) is 0 Å². The first-order valence-electron chi connectivity index (χ1n) is 8.91. The first-order valence-corrected chi connectivity index (χ1v) is 8.91. The normalized spacial score (nSPS) is 15.5. The van der Waals surface area contributed by atoms with Gasteiger partial charge in [0.05, 0.1) is 13.2 Å². The molecule has 0 aliphatic carbocycles. The molecule has 1 N–H and O–H groups in total. The van der Waals surface area contributed by atoms with Crippen LogP contribution in [0.3, 0.4) is 0 Å². The Morgan fingerprint density at radius 3 is 1.69 bits per heavy atom. The Labute approximate surface area is 164 Å². The van der Waals surface area contributed by atoms with Crippen LogP contribution in [0.4, 0.5) is 5.82 Å². The molecule has 0 saturated heterocycles. The monoisotopic (exact) mass is 387 g/mol. The highest BCUT2D eigenvalue weighted by Crippen LogP contribution is 2.38. The van der Waals surface area contributed by atoms with Crippen molar-refractivity contribution >= 4 is 40.2 Å². The van der Waals surface area contributed by atoms with Crippen molar-refractivity contribution in [3.63, 3.8) is 0 Å². The van der Waals surface area contributed by atoms with Gasteiger partial charge in [-0.05, 0) is 36.4 Å². The summed E-state index contributed by atoms with van der Waals surface area (Å²) in [6.45, 7) is -0.491.